The summed E-state index contributed by atoms with van der Waals surface area (Å²) in [6.45, 7) is 4.16. The first kappa shape index (κ1) is 15.0. The van der Waals surface area contributed by atoms with Crippen LogP contribution in [0.3, 0.4) is 0 Å². The van der Waals surface area contributed by atoms with Crippen molar-refractivity contribution in [1.29, 1.82) is 0 Å². The van der Waals surface area contributed by atoms with E-state index in [9.17, 15) is 4.79 Å². The van der Waals surface area contributed by atoms with Crippen LogP contribution < -0.4 is 5.56 Å². The maximum atomic E-state index is 11.9. The number of hydrogen-bond donors (Lipinski definition) is 1. The SMILES string of the molecule is CC(C)Cc1nc(-c2cc(Br)c(Br)o2)[nH]c(=O)c1Br. The van der Waals surface area contributed by atoms with E-state index in [1.165, 1.54) is 0 Å². The summed E-state index contributed by atoms with van der Waals surface area (Å²) in [6, 6.07) is 1.76. The molecule has 0 bridgehead atoms. The molecular formula is C12H11Br3N2O2. The highest BCUT2D eigenvalue weighted by atomic mass is 79.9. The van der Waals surface area contributed by atoms with Crippen molar-refractivity contribution in [2.75, 3.05) is 0 Å². The minimum Gasteiger partial charge on any atom is -0.445 e. The maximum Gasteiger partial charge on any atom is 0.265 e. The molecule has 0 fully saturated rings. The molecule has 1 N–H and O–H groups in total. The summed E-state index contributed by atoms with van der Waals surface area (Å²) in [5.41, 5.74) is 0.529. The summed E-state index contributed by atoms with van der Waals surface area (Å²) >= 11 is 9.88. The molecule has 0 aromatic carbocycles. The fraction of sp³-hybridized carbons (Fsp3) is 0.333. The summed E-state index contributed by atoms with van der Waals surface area (Å²) in [5.74, 6) is 1.34. The molecule has 2 heterocycles. The Labute approximate surface area is 135 Å². The van der Waals surface area contributed by atoms with Crippen LogP contribution in [0.1, 0.15) is 19.5 Å². The third kappa shape index (κ3) is 3.38. The Bertz CT molecular complexity index is 642. The maximum absolute atomic E-state index is 11.9. The second-order valence-corrected chi connectivity index (χ2v) is 6.87. The molecule has 0 unspecified atom stereocenters. The van der Waals surface area contributed by atoms with Crippen molar-refractivity contribution < 1.29 is 4.42 Å². The number of aromatic amines is 1. The molecule has 0 spiro atoms. The zero-order valence-corrected chi connectivity index (χ0v) is 15.0. The summed E-state index contributed by atoms with van der Waals surface area (Å²) in [6.07, 6.45) is 0.723. The van der Waals surface area contributed by atoms with E-state index in [0.717, 1.165) is 16.6 Å². The monoisotopic (exact) mass is 452 g/mol. The van der Waals surface area contributed by atoms with Gasteiger partial charge in [0.25, 0.3) is 5.56 Å². The first-order chi connectivity index (χ1) is 8.88. The van der Waals surface area contributed by atoms with E-state index in [4.69, 9.17) is 4.42 Å². The van der Waals surface area contributed by atoms with E-state index in [1.807, 2.05) is 0 Å². The highest BCUT2D eigenvalue weighted by Crippen LogP contribution is 2.31. The number of rotatable bonds is 3. The Morgan fingerprint density at radius 1 is 1.37 bits per heavy atom. The lowest BCUT2D eigenvalue weighted by Crippen LogP contribution is -2.14. The van der Waals surface area contributed by atoms with Crippen LogP contribution in [0, 0.1) is 5.92 Å². The molecule has 0 saturated carbocycles. The third-order valence-electron chi connectivity index (χ3n) is 2.41. The molecule has 0 radical (unpaired) electrons. The lowest BCUT2D eigenvalue weighted by molar-refractivity contribution is 0.547. The molecule has 2 rings (SSSR count). The Kier molecular flexibility index (Phi) is 4.68. The summed E-state index contributed by atoms with van der Waals surface area (Å²) < 4.78 is 7.30. The number of nitrogens with zero attached hydrogens (tertiary/aromatic N) is 1. The van der Waals surface area contributed by atoms with Crippen LogP contribution >= 0.6 is 47.8 Å². The molecule has 102 valence electrons. The smallest absolute Gasteiger partial charge is 0.265 e. The molecule has 2 aromatic rings. The number of aromatic nitrogens is 2. The molecule has 0 amide bonds. The largest absolute Gasteiger partial charge is 0.445 e. The van der Waals surface area contributed by atoms with E-state index in [-0.39, 0.29) is 5.56 Å². The number of nitrogens with one attached hydrogen (secondary N) is 1. The zero-order valence-electron chi connectivity index (χ0n) is 10.3. The van der Waals surface area contributed by atoms with Gasteiger partial charge in [-0.15, -0.1) is 0 Å². The molecule has 0 saturated heterocycles. The van der Waals surface area contributed by atoms with Gasteiger partial charge in [0.05, 0.1) is 10.2 Å². The van der Waals surface area contributed by atoms with Gasteiger partial charge in [-0.2, -0.15) is 0 Å². The van der Waals surface area contributed by atoms with Crippen molar-refractivity contribution in [3.05, 3.63) is 35.7 Å². The van der Waals surface area contributed by atoms with Crippen LogP contribution in [0.25, 0.3) is 11.6 Å². The topological polar surface area (TPSA) is 58.9 Å². The van der Waals surface area contributed by atoms with Crippen LogP contribution in [0.15, 0.2) is 28.9 Å². The first-order valence-electron chi connectivity index (χ1n) is 5.62. The average Bonchev–Trinajstić information content (AvgIpc) is 2.65. The number of hydrogen-bond acceptors (Lipinski definition) is 3. The standard InChI is InChI=1S/C12H11Br3N2O2/c1-5(2)3-7-9(14)12(18)17-11(16-7)8-4-6(13)10(15)19-8/h4-5H,3H2,1-2H3,(H,16,17,18). The first-order valence-corrected chi connectivity index (χ1v) is 8.00. The molecule has 0 aliphatic carbocycles. The van der Waals surface area contributed by atoms with Crippen LogP contribution in [-0.2, 0) is 6.42 Å². The Morgan fingerprint density at radius 3 is 2.58 bits per heavy atom. The molecule has 0 atom stereocenters. The van der Waals surface area contributed by atoms with Gasteiger partial charge in [-0.05, 0) is 60.1 Å². The highest BCUT2D eigenvalue weighted by molar-refractivity contribution is 9.13. The quantitative estimate of drug-likeness (QED) is 0.742. The summed E-state index contributed by atoms with van der Waals surface area (Å²) in [5, 5.41) is 0. The molecule has 2 aromatic heterocycles. The normalized spacial score (nSPS) is 11.3. The van der Waals surface area contributed by atoms with Gasteiger partial charge in [-0.25, -0.2) is 4.98 Å². The minimum atomic E-state index is -0.204. The van der Waals surface area contributed by atoms with Gasteiger partial charge in [-0.1, -0.05) is 13.8 Å². The second kappa shape index (κ2) is 5.93. The van der Waals surface area contributed by atoms with Crippen LogP contribution in [0.5, 0.6) is 0 Å². The Balaban J connectivity index is 2.53. The van der Waals surface area contributed by atoms with Crippen molar-refractivity contribution in [2.24, 2.45) is 5.92 Å². The number of furan rings is 1. The van der Waals surface area contributed by atoms with Crippen molar-refractivity contribution in [2.45, 2.75) is 20.3 Å². The molecule has 0 aliphatic rings. The predicted molar refractivity (Wildman–Crippen MR) is 84.2 cm³/mol. The van der Waals surface area contributed by atoms with Crippen molar-refractivity contribution in [3.8, 4) is 11.6 Å². The third-order valence-corrected chi connectivity index (χ3v) is 4.94. The summed E-state index contributed by atoms with van der Waals surface area (Å²) in [4.78, 5) is 19.1. The lowest BCUT2D eigenvalue weighted by atomic mass is 10.1. The van der Waals surface area contributed by atoms with Crippen molar-refractivity contribution >= 4 is 47.8 Å². The predicted octanol–water partition coefficient (Wildman–Crippen LogP) is 4.52. The number of halogens is 3. The molecule has 0 aliphatic heterocycles. The average molecular weight is 455 g/mol. The van der Waals surface area contributed by atoms with E-state index in [2.05, 4.69) is 71.6 Å². The second-order valence-electron chi connectivity index (χ2n) is 4.51. The molecule has 7 heteroatoms. The van der Waals surface area contributed by atoms with Crippen molar-refractivity contribution in [1.82, 2.24) is 9.97 Å². The molecular weight excluding hydrogens is 444 g/mol. The molecule has 19 heavy (non-hydrogen) atoms. The Morgan fingerprint density at radius 2 is 2.05 bits per heavy atom. The van der Waals surface area contributed by atoms with Gasteiger partial charge in [-0.3, -0.25) is 4.79 Å². The van der Waals surface area contributed by atoms with Crippen molar-refractivity contribution in [3.63, 3.8) is 0 Å². The fourth-order valence-corrected chi connectivity index (χ4v) is 2.53. The Hall–Kier alpha value is -0.400. The van der Waals surface area contributed by atoms with Crippen LogP contribution in [0.2, 0.25) is 0 Å². The van der Waals surface area contributed by atoms with E-state index >= 15 is 0 Å². The van der Waals surface area contributed by atoms with E-state index in [1.54, 1.807) is 6.07 Å². The fourth-order valence-electron chi connectivity index (χ4n) is 1.61. The highest BCUT2D eigenvalue weighted by Gasteiger charge is 2.15. The van der Waals surface area contributed by atoms with Crippen LogP contribution in [-0.4, -0.2) is 9.97 Å². The lowest BCUT2D eigenvalue weighted by Gasteiger charge is -2.07. The van der Waals surface area contributed by atoms with Gasteiger partial charge >= 0.3 is 0 Å². The molecule has 4 nitrogen and oxygen atoms in total. The van der Waals surface area contributed by atoms with E-state index in [0.29, 0.717) is 26.6 Å². The van der Waals surface area contributed by atoms with Gasteiger partial charge in [0.2, 0.25) is 0 Å². The van der Waals surface area contributed by atoms with Gasteiger partial charge in [0, 0.05) is 6.07 Å². The minimum absolute atomic E-state index is 0.204. The zero-order chi connectivity index (χ0) is 14.2. The van der Waals surface area contributed by atoms with Crippen LogP contribution in [0.4, 0.5) is 0 Å². The van der Waals surface area contributed by atoms with Gasteiger partial charge in [0.15, 0.2) is 16.3 Å². The van der Waals surface area contributed by atoms with E-state index < -0.39 is 0 Å². The van der Waals surface area contributed by atoms with Gasteiger partial charge < -0.3 is 9.40 Å². The van der Waals surface area contributed by atoms with Gasteiger partial charge in [0.1, 0.15) is 4.47 Å². The number of H-pyrrole nitrogens is 1. The summed E-state index contributed by atoms with van der Waals surface area (Å²) in [7, 11) is 0.